The van der Waals surface area contributed by atoms with Crippen LogP contribution in [-0.2, 0) is 17.8 Å². The van der Waals surface area contributed by atoms with E-state index in [2.05, 4.69) is 10.1 Å². The predicted molar refractivity (Wildman–Crippen MR) is 134 cm³/mol. The lowest BCUT2D eigenvalue weighted by molar-refractivity contribution is -0.670. The molecular formula is C27H24F12IN3O2. The van der Waals surface area contributed by atoms with Crippen LogP contribution in [0.4, 0.5) is 58.4 Å². The van der Waals surface area contributed by atoms with Crippen LogP contribution in [0.15, 0.2) is 54.7 Å². The second-order valence-corrected chi connectivity index (χ2v) is 9.32. The van der Waals surface area contributed by atoms with E-state index in [0.717, 1.165) is 17.8 Å². The third kappa shape index (κ3) is 6.70. The third-order valence-corrected chi connectivity index (χ3v) is 6.56. The maximum absolute atomic E-state index is 14.1. The zero-order valence-electron chi connectivity index (χ0n) is 23.1. The van der Waals surface area contributed by atoms with Gasteiger partial charge >= 0.3 is 42.0 Å². The average Bonchev–Trinajstić information content (AvgIpc) is 3.27. The first-order valence-corrected chi connectivity index (χ1v) is 12.7. The molecule has 0 spiro atoms. The fourth-order valence-corrected chi connectivity index (χ4v) is 4.18. The van der Waals surface area contributed by atoms with Gasteiger partial charge in [-0.2, -0.15) is 43.9 Å². The Kier molecular flexibility index (Phi) is 11.5. The van der Waals surface area contributed by atoms with Gasteiger partial charge in [0.15, 0.2) is 17.6 Å². The van der Waals surface area contributed by atoms with Crippen molar-refractivity contribution in [3.05, 3.63) is 66.1 Å². The Labute approximate surface area is 264 Å². The van der Waals surface area contributed by atoms with Crippen LogP contribution in [0.1, 0.15) is 30.0 Å². The number of carbonyl (C=O) groups excluding carboxylic acids is 1. The van der Waals surface area contributed by atoms with Crippen molar-refractivity contribution in [2.45, 2.75) is 63.0 Å². The van der Waals surface area contributed by atoms with Crippen molar-refractivity contribution < 1.29 is 90.8 Å². The first kappa shape index (κ1) is 38.0. The maximum atomic E-state index is 14.1. The van der Waals surface area contributed by atoms with Gasteiger partial charge < -0.3 is 34.0 Å². The summed E-state index contributed by atoms with van der Waals surface area (Å²) in [5.41, 5.74) is 1.05. The molecule has 1 aromatic heterocycles. The minimum absolute atomic E-state index is 0. The summed E-state index contributed by atoms with van der Waals surface area (Å²) in [5.74, 6) is -37.4. The molecule has 18 heteroatoms. The molecule has 0 radical (unpaired) electrons. The van der Waals surface area contributed by atoms with E-state index in [4.69, 9.17) is 0 Å². The van der Waals surface area contributed by atoms with Crippen LogP contribution in [0.2, 0.25) is 0 Å². The molecule has 2 aromatic carbocycles. The molecule has 0 saturated carbocycles. The lowest BCUT2D eigenvalue weighted by Gasteiger charge is -2.38. The number of nitrogens with zero attached hydrogens (tertiary/aromatic N) is 2. The number of esters is 1. The monoisotopic (exact) mass is 777 g/mol. The van der Waals surface area contributed by atoms with Crippen molar-refractivity contribution >= 4 is 28.8 Å². The van der Waals surface area contributed by atoms with Crippen molar-refractivity contribution in [2.75, 3.05) is 11.9 Å². The smallest absolute Gasteiger partial charge is 0.384 e. The van der Waals surface area contributed by atoms with Crippen LogP contribution >= 0.6 is 0 Å². The number of ether oxygens (including phenoxy) is 1. The molecule has 3 rings (SSSR count). The lowest BCUT2D eigenvalue weighted by Crippen LogP contribution is -3.00. The molecule has 0 amide bonds. The molecule has 0 aliphatic heterocycles. The molecular weight excluding hydrogens is 753 g/mol. The molecule has 250 valence electrons. The van der Waals surface area contributed by atoms with E-state index in [1.165, 1.54) is 6.07 Å². The summed E-state index contributed by atoms with van der Waals surface area (Å²) >= 11 is 0. The van der Waals surface area contributed by atoms with E-state index in [9.17, 15) is 57.5 Å². The van der Waals surface area contributed by atoms with Crippen LogP contribution in [0.3, 0.4) is 0 Å². The number of alkyl halides is 12. The van der Waals surface area contributed by atoms with Gasteiger partial charge in [-0.05, 0) is 38.1 Å². The number of fused-ring (bicyclic) bond motifs is 1. The van der Waals surface area contributed by atoms with E-state index >= 15 is 0 Å². The van der Waals surface area contributed by atoms with Crippen molar-refractivity contribution in [1.82, 2.24) is 4.57 Å². The standard InChI is InChI=1S/C27H23F12N3O2.HI/c1-3-41-18-11-10-16(14-19(18)42(4-2)20(41)12-13-40-17-8-6-5-7-9-17)21(43)44-15-23(30,31)25(34,35)27(38,39)26(36,37)24(32,33)22(28)29;/h5-14,22H,3-4,15H2,1-2H3;1H. The van der Waals surface area contributed by atoms with Gasteiger partial charge in [0, 0.05) is 24.0 Å². The van der Waals surface area contributed by atoms with Gasteiger partial charge in [0.05, 0.1) is 18.7 Å². The summed E-state index contributed by atoms with van der Waals surface area (Å²) in [6, 6.07) is 12.5. The molecule has 3 aromatic rings. The first-order chi connectivity index (χ1) is 20.3. The quantitative estimate of drug-likeness (QED) is 0.119. The Morgan fingerprint density at radius 3 is 2.04 bits per heavy atom. The highest BCUT2D eigenvalue weighted by Gasteiger charge is 2.87. The van der Waals surface area contributed by atoms with Gasteiger partial charge in [-0.25, -0.2) is 22.7 Å². The maximum Gasteiger partial charge on any atom is 0.384 e. The first-order valence-electron chi connectivity index (χ1n) is 12.7. The Bertz CT molecular complexity index is 1510. The molecule has 0 saturated heterocycles. The number of anilines is 1. The number of rotatable bonds is 13. The Morgan fingerprint density at radius 2 is 1.51 bits per heavy atom. The van der Waals surface area contributed by atoms with Gasteiger partial charge in [-0.3, -0.25) is 0 Å². The van der Waals surface area contributed by atoms with Crippen LogP contribution in [0.5, 0.6) is 0 Å². The summed E-state index contributed by atoms with van der Waals surface area (Å²) in [4.78, 5) is 12.5. The van der Waals surface area contributed by atoms with Crippen LogP contribution in [0, 0.1) is 0 Å². The lowest BCUT2D eigenvalue weighted by atomic mass is 9.94. The molecule has 0 fully saturated rings. The van der Waals surface area contributed by atoms with Gasteiger partial charge in [0.25, 0.3) is 5.82 Å². The third-order valence-electron chi connectivity index (χ3n) is 6.56. The van der Waals surface area contributed by atoms with Crippen molar-refractivity contribution in [2.24, 2.45) is 0 Å². The number of hydrogen-bond donors (Lipinski definition) is 1. The average molecular weight is 777 g/mol. The molecule has 0 unspecified atom stereocenters. The van der Waals surface area contributed by atoms with Crippen molar-refractivity contribution in [3.8, 4) is 0 Å². The van der Waals surface area contributed by atoms with Gasteiger partial charge in [0.1, 0.15) is 0 Å². The van der Waals surface area contributed by atoms with Gasteiger partial charge in [-0.1, -0.05) is 18.2 Å². The number of imidazole rings is 1. The van der Waals surface area contributed by atoms with Gasteiger partial charge in [0.2, 0.25) is 0 Å². The molecule has 45 heavy (non-hydrogen) atoms. The summed E-state index contributed by atoms with van der Waals surface area (Å²) in [6.07, 6.45) is -2.30. The van der Waals surface area contributed by atoms with Crippen molar-refractivity contribution in [1.29, 1.82) is 0 Å². The molecule has 0 aliphatic rings. The number of benzene rings is 2. The second-order valence-electron chi connectivity index (χ2n) is 9.32. The Balaban J connectivity index is 0.00000705. The number of halogens is 13. The predicted octanol–water partition coefficient (Wildman–Crippen LogP) is 4.65. The number of hydrogen-bond acceptors (Lipinski definition) is 3. The number of aryl methyl sites for hydroxylation is 2. The molecule has 5 nitrogen and oxygen atoms in total. The van der Waals surface area contributed by atoms with E-state index in [0.29, 0.717) is 29.9 Å². The molecule has 0 bridgehead atoms. The highest BCUT2D eigenvalue weighted by molar-refractivity contribution is 5.93. The largest absolute Gasteiger partial charge is 1.00 e. The fraction of sp³-hybridized carbons (Fsp3) is 0.407. The number of aromatic nitrogens is 2. The second kappa shape index (κ2) is 13.7. The zero-order valence-corrected chi connectivity index (χ0v) is 25.3. The topological polar surface area (TPSA) is 47.1 Å². The Hall–Kier alpha value is -3.19. The minimum atomic E-state index is -7.70. The van der Waals surface area contributed by atoms with E-state index in [1.807, 2.05) is 6.07 Å². The molecule has 0 aliphatic carbocycles. The van der Waals surface area contributed by atoms with E-state index in [-0.39, 0.29) is 24.0 Å². The fourth-order valence-electron chi connectivity index (χ4n) is 4.18. The number of carbonyl (C=O) groups is 1. The van der Waals surface area contributed by atoms with Crippen LogP contribution in [0.25, 0.3) is 17.1 Å². The highest BCUT2D eigenvalue weighted by atomic mass is 127. The molecule has 0 atom stereocenters. The Morgan fingerprint density at radius 1 is 0.911 bits per heavy atom. The van der Waals surface area contributed by atoms with Crippen LogP contribution in [-0.4, -0.2) is 53.2 Å². The number of nitrogens with one attached hydrogen (secondary N) is 1. The summed E-state index contributed by atoms with van der Waals surface area (Å²) in [7, 11) is 0. The van der Waals surface area contributed by atoms with E-state index in [1.54, 1.807) is 59.5 Å². The normalized spacial score (nSPS) is 13.4. The minimum Gasteiger partial charge on any atom is -1.00 e. The SMILES string of the molecule is CCn1c(/C=C/Nc2ccccc2)[n+](CC)c2ccc(C(=O)OCC(F)(F)C(F)(F)C(F)(F)C(F)(F)C(F)(F)C(F)F)cc21.[I-]. The molecule has 1 heterocycles. The van der Waals surface area contributed by atoms with Crippen molar-refractivity contribution in [3.63, 3.8) is 0 Å². The summed E-state index contributed by atoms with van der Waals surface area (Å²) < 4.78 is 168. The molecule has 1 N–H and O–H groups in total. The number of para-hydroxylation sites is 1. The summed E-state index contributed by atoms with van der Waals surface area (Å²) in [5, 5.41) is 3.05. The highest BCUT2D eigenvalue weighted by Crippen LogP contribution is 2.58. The van der Waals surface area contributed by atoms with Crippen LogP contribution < -0.4 is 33.9 Å². The zero-order chi connectivity index (χ0) is 33.3. The van der Waals surface area contributed by atoms with Gasteiger partial charge in [-0.15, -0.1) is 0 Å². The summed E-state index contributed by atoms with van der Waals surface area (Å²) in [6.45, 7) is 1.24. The van der Waals surface area contributed by atoms with E-state index < -0.39 is 54.2 Å².